The van der Waals surface area contributed by atoms with Crippen LogP contribution in [0.25, 0.3) is 0 Å². The molecule has 0 heterocycles. The maximum absolute atomic E-state index is 10.6. The Hall–Kier alpha value is 0.100. The van der Waals surface area contributed by atoms with Crippen LogP contribution in [0.3, 0.4) is 0 Å². The SMILES string of the molecule is CCCCCCCCCC(CC)P=O. The molecule has 84 valence electrons. The molecule has 0 N–H and O–H groups in total. The molecule has 0 amide bonds. The van der Waals surface area contributed by atoms with Gasteiger partial charge in [-0.3, -0.25) is 4.57 Å². The Bertz CT molecular complexity index is 125. The molecule has 1 atom stereocenters. The fourth-order valence-electron chi connectivity index (χ4n) is 1.67. The van der Waals surface area contributed by atoms with Crippen LogP contribution >= 0.6 is 8.46 Å². The molecule has 0 aromatic heterocycles. The third-order valence-corrected chi connectivity index (χ3v) is 3.68. The smallest absolute Gasteiger partial charge is 0.158 e. The van der Waals surface area contributed by atoms with Gasteiger partial charge in [0.2, 0.25) is 0 Å². The summed E-state index contributed by atoms with van der Waals surface area (Å²) in [5.74, 6) is 0. The molecule has 0 bridgehead atoms. The molecule has 0 radical (unpaired) electrons. The average Bonchev–Trinajstić information content (AvgIpc) is 2.22. The van der Waals surface area contributed by atoms with Gasteiger partial charge in [0.25, 0.3) is 0 Å². The van der Waals surface area contributed by atoms with Crippen LogP contribution in [-0.4, -0.2) is 5.66 Å². The number of hydrogen-bond donors (Lipinski definition) is 0. The maximum atomic E-state index is 10.6. The van der Waals surface area contributed by atoms with Crippen molar-refractivity contribution >= 4 is 8.46 Å². The molecule has 0 rings (SSSR count). The molecule has 1 unspecified atom stereocenters. The lowest BCUT2D eigenvalue weighted by atomic mass is 10.1. The minimum Gasteiger partial charge on any atom is -0.275 e. The zero-order valence-electron chi connectivity index (χ0n) is 9.80. The highest BCUT2D eigenvalue weighted by molar-refractivity contribution is 7.24. The van der Waals surface area contributed by atoms with Gasteiger partial charge in [0.1, 0.15) is 0 Å². The van der Waals surface area contributed by atoms with Crippen LogP contribution < -0.4 is 0 Å². The Kier molecular flexibility index (Phi) is 11.3. The van der Waals surface area contributed by atoms with Crippen molar-refractivity contribution in [3.05, 3.63) is 0 Å². The predicted octanol–water partition coefficient (Wildman–Crippen LogP) is 5.20. The summed E-state index contributed by atoms with van der Waals surface area (Å²) in [5.41, 5.74) is 0.422. The van der Waals surface area contributed by atoms with Gasteiger partial charge in [-0.1, -0.05) is 58.8 Å². The highest BCUT2D eigenvalue weighted by Crippen LogP contribution is 2.18. The fourth-order valence-corrected chi connectivity index (χ4v) is 2.11. The van der Waals surface area contributed by atoms with Crippen molar-refractivity contribution in [3.8, 4) is 0 Å². The molecule has 0 aromatic rings. The number of hydrogen-bond acceptors (Lipinski definition) is 1. The molecule has 0 aliphatic heterocycles. The van der Waals surface area contributed by atoms with Gasteiger partial charge in [0, 0.05) is 5.66 Å². The minimum absolute atomic E-state index is 0.351. The highest BCUT2D eigenvalue weighted by Gasteiger charge is 2.04. The summed E-state index contributed by atoms with van der Waals surface area (Å²) in [7, 11) is 0.351. The summed E-state index contributed by atoms with van der Waals surface area (Å²) < 4.78 is 10.6. The van der Waals surface area contributed by atoms with Crippen LogP contribution in [0.1, 0.15) is 71.6 Å². The van der Waals surface area contributed by atoms with Crippen LogP contribution in [0.5, 0.6) is 0 Å². The van der Waals surface area contributed by atoms with Crippen LogP contribution in [0.15, 0.2) is 0 Å². The van der Waals surface area contributed by atoms with Crippen LogP contribution in [-0.2, 0) is 4.57 Å². The molecule has 0 aliphatic carbocycles. The lowest BCUT2D eigenvalue weighted by molar-refractivity contribution is 0.550. The fraction of sp³-hybridized carbons (Fsp3) is 1.00. The molecular formula is C12H25OP. The normalized spacial score (nSPS) is 13.3. The molecule has 0 aromatic carbocycles. The zero-order chi connectivity index (χ0) is 10.6. The van der Waals surface area contributed by atoms with E-state index in [0.717, 1.165) is 12.8 Å². The number of rotatable bonds is 10. The first-order valence-electron chi connectivity index (χ1n) is 6.17. The molecule has 0 aliphatic rings. The van der Waals surface area contributed by atoms with Gasteiger partial charge < -0.3 is 0 Å². The van der Waals surface area contributed by atoms with Crippen molar-refractivity contribution in [1.29, 1.82) is 0 Å². The lowest BCUT2D eigenvalue weighted by Crippen LogP contribution is -1.95. The Morgan fingerprint density at radius 2 is 1.50 bits per heavy atom. The van der Waals surface area contributed by atoms with Crippen LogP contribution in [0.2, 0.25) is 0 Å². The van der Waals surface area contributed by atoms with Gasteiger partial charge in [-0.15, -0.1) is 0 Å². The van der Waals surface area contributed by atoms with E-state index < -0.39 is 0 Å². The number of unbranched alkanes of at least 4 members (excludes halogenated alkanes) is 6. The van der Waals surface area contributed by atoms with Gasteiger partial charge in [-0.25, -0.2) is 0 Å². The first-order chi connectivity index (χ1) is 6.85. The van der Waals surface area contributed by atoms with Crippen molar-refractivity contribution in [1.82, 2.24) is 0 Å². The van der Waals surface area contributed by atoms with Crippen molar-refractivity contribution in [2.24, 2.45) is 0 Å². The monoisotopic (exact) mass is 216 g/mol. The lowest BCUT2D eigenvalue weighted by Gasteiger charge is -2.05. The van der Waals surface area contributed by atoms with Gasteiger partial charge in [-0.05, 0) is 12.8 Å². The second kappa shape index (κ2) is 11.2. The quantitative estimate of drug-likeness (QED) is 0.362. The summed E-state index contributed by atoms with van der Waals surface area (Å²) in [6, 6.07) is 0. The predicted molar refractivity (Wildman–Crippen MR) is 64.3 cm³/mol. The van der Waals surface area contributed by atoms with E-state index >= 15 is 0 Å². The Morgan fingerprint density at radius 1 is 0.929 bits per heavy atom. The van der Waals surface area contributed by atoms with E-state index in [1.807, 2.05) is 0 Å². The first-order valence-corrected chi connectivity index (χ1v) is 7.05. The molecule has 0 saturated heterocycles. The van der Waals surface area contributed by atoms with Crippen molar-refractivity contribution in [2.45, 2.75) is 77.3 Å². The average molecular weight is 216 g/mol. The molecule has 0 saturated carbocycles. The van der Waals surface area contributed by atoms with E-state index in [1.165, 1.54) is 44.9 Å². The van der Waals surface area contributed by atoms with Crippen LogP contribution in [0.4, 0.5) is 0 Å². The minimum atomic E-state index is 0.351. The third-order valence-electron chi connectivity index (χ3n) is 2.76. The molecule has 14 heavy (non-hydrogen) atoms. The van der Waals surface area contributed by atoms with E-state index in [0.29, 0.717) is 14.1 Å². The second-order valence-electron chi connectivity index (χ2n) is 4.08. The van der Waals surface area contributed by atoms with E-state index in [1.54, 1.807) is 0 Å². The van der Waals surface area contributed by atoms with Crippen LogP contribution in [0, 0.1) is 0 Å². The molecule has 1 nitrogen and oxygen atoms in total. The Balaban J connectivity index is 3.08. The second-order valence-corrected chi connectivity index (χ2v) is 5.02. The van der Waals surface area contributed by atoms with E-state index in [-0.39, 0.29) is 0 Å². The summed E-state index contributed by atoms with van der Waals surface area (Å²) >= 11 is 0. The third kappa shape index (κ3) is 8.69. The standard InChI is InChI=1S/C12H25OP/c1-3-5-6-7-8-9-10-11-12(4-2)14-13/h12H,3-11H2,1-2H3. The van der Waals surface area contributed by atoms with Crippen molar-refractivity contribution in [2.75, 3.05) is 0 Å². The Morgan fingerprint density at radius 3 is 2.00 bits per heavy atom. The van der Waals surface area contributed by atoms with E-state index in [2.05, 4.69) is 13.8 Å². The first kappa shape index (κ1) is 14.1. The Labute approximate surface area is 90.9 Å². The molecular weight excluding hydrogens is 191 g/mol. The topological polar surface area (TPSA) is 17.1 Å². The molecule has 0 fully saturated rings. The summed E-state index contributed by atoms with van der Waals surface area (Å²) in [6.45, 7) is 4.37. The summed E-state index contributed by atoms with van der Waals surface area (Å²) in [6.07, 6.45) is 11.7. The van der Waals surface area contributed by atoms with Gasteiger partial charge in [-0.2, -0.15) is 0 Å². The summed E-state index contributed by atoms with van der Waals surface area (Å²) in [5, 5.41) is 0. The van der Waals surface area contributed by atoms with Gasteiger partial charge >= 0.3 is 0 Å². The van der Waals surface area contributed by atoms with E-state index in [4.69, 9.17) is 0 Å². The van der Waals surface area contributed by atoms with E-state index in [9.17, 15) is 4.57 Å². The van der Waals surface area contributed by atoms with Gasteiger partial charge in [0.05, 0.1) is 0 Å². The molecule has 2 heteroatoms. The van der Waals surface area contributed by atoms with Gasteiger partial charge in [0.15, 0.2) is 8.46 Å². The van der Waals surface area contributed by atoms with Crippen molar-refractivity contribution < 1.29 is 4.57 Å². The van der Waals surface area contributed by atoms with Crippen molar-refractivity contribution in [3.63, 3.8) is 0 Å². The summed E-state index contributed by atoms with van der Waals surface area (Å²) in [4.78, 5) is 0. The largest absolute Gasteiger partial charge is 0.275 e. The zero-order valence-corrected chi connectivity index (χ0v) is 10.7. The molecule has 0 spiro atoms. The maximum Gasteiger partial charge on any atom is 0.158 e. The highest BCUT2D eigenvalue weighted by atomic mass is 31.1.